The van der Waals surface area contributed by atoms with Crippen molar-refractivity contribution in [3.05, 3.63) is 11.5 Å². The smallest absolute Gasteiger partial charge is 0.226 e. The second-order valence-corrected chi connectivity index (χ2v) is 2.63. The molecule has 0 bridgehead atoms. The normalized spacial score (nSPS) is 35.6. The first-order chi connectivity index (χ1) is 3.80. The number of rotatable bonds is 0. The number of allylic oxidation sites excluding steroid dienone is 1. The van der Waals surface area contributed by atoms with E-state index in [9.17, 15) is 4.21 Å². The van der Waals surface area contributed by atoms with Crippen molar-refractivity contribution in [2.24, 2.45) is 4.99 Å². The van der Waals surface area contributed by atoms with E-state index in [1.165, 1.54) is 11.6 Å². The van der Waals surface area contributed by atoms with Gasteiger partial charge in [-0.2, -0.15) is 0 Å². The minimum absolute atomic E-state index is 1.04. The van der Waals surface area contributed by atoms with Crippen LogP contribution in [0.3, 0.4) is 0 Å². The Morgan fingerprint density at radius 2 is 2.50 bits per heavy atom. The molecule has 0 aromatic heterocycles. The Labute approximate surface area is 49.2 Å². The van der Waals surface area contributed by atoms with Crippen LogP contribution in [0.1, 0.15) is 0 Å². The first kappa shape index (κ1) is 5.65. The molecule has 0 saturated carbocycles. The van der Waals surface area contributed by atoms with Crippen LogP contribution in [0.2, 0.25) is 0 Å². The van der Waals surface area contributed by atoms with Crippen molar-refractivity contribution in [2.45, 2.75) is 5.56 Å². The van der Waals surface area contributed by atoms with Crippen LogP contribution in [0.5, 0.6) is 0 Å². The minimum Gasteiger partial charge on any atom is -0.361 e. The van der Waals surface area contributed by atoms with Crippen molar-refractivity contribution in [2.75, 3.05) is 0 Å². The molecule has 8 heavy (non-hydrogen) atoms. The van der Waals surface area contributed by atoms with Crippen molar-refractivity contribution in [1.29, 1.82) is 0 Å². The van der Waals surface area contributed by atoms with Crippen LogP contribution in [0, 0.1) is 0 Å². The number of aliphatic hydroxyl groups excluding tert-OH is 1. The van der Waals surface area contributed by atoms with Crippen LogP contribution < -0.4 is 0 Å². The maximum Gasteiger partial charge on any atom is 0.226 e. The Bertz CT molecular complexity index is 163. The third-order valence-corrected chi connectivity index (χ3v) is 1.68. The first-order valence-electron chi connectivity index (χ1n) is 2.08. The third-order valence-electron chi connectivity index (χ3n) is 0.720. The Balaban J connectivity index is 2.74. The van der Waals surface area contributed by atoms with Crippen LogP contribution in [0.25, 0.3) is 0 Å². The van der Waals surface area contributed by atoms with Crippen molar-refractivity contribution in [1.82, 2.24) is 0 Å². The molecule has 1 aliphatic heterocycles. The highest BCUT2D eigenvalue weighted by Crippen LogP contribution is 1.98. The van der Waals surface area contributed by atoms with Gasteiger partial charge in [-0.1, -0.05) is 0 Å². The van der Waals surface area contributed by atoms with Gasteiger partial charge in [0.1, 0.15) is 0 Å². The molecule has 44 valence electrons. The van der Waals surface area contributed by atoms with Crippen molar-refractivity contribution in [3.63, 3.8) is 0 Å². The Hall–Kier alpha value is -0.480. The lowest BCUT2D eigenvalue weighted by atomic mass is 10.7. The van der Waals surface area contributed by atoms with Gasteiger partial charge < -0.3 is 5.11 Å². The Kier molecular flexibility index (Phi) is 1.55. The lowest BCUT2D eigenvalue weighted by Gasteiger charge is -2.01. The highest BCUT2D eigenvalue weighted by atomic mass is 32.2. The fourth-order valence-electron chi connectivity index (χ4n) is 0.366. The third kappa shape index (κ3) is 1.02. The zero-order chi connectivity index (χ0) is 5.98. The molecule has 0 fully saturated rings. The standard InChI is InChI=1S/C4H5NO2S/c6-4-5-2-1-3-8(4)7/h1-4,6H. The molecule has 0 saturated heterocycles. The predicted molar refractivity (Wildman–Crippen MR) is 31.8 cm³/mol. The Morgan fingerprint density at radius 1 is 1.75 bits per heavy atom. The van der Waals surface area contributed by atoms with Gasteiger partial charge in [-0.25, -0.2) is 4.99 Å². The molecule has 3 nitrogen and oxygen atoms in total. The zero-order valence-electron chi connectivity index (χ0n) is 4.02. The number of hydrogen-bond acceptors (Lipinski definition) is 3. The monoisotopic (exact) mass is 131 g/mol. The van der Waals surface area contributed by atoms with Crippen LogP contribution in [0.4, 0.5) is 0 Å². The molecule has 1 heterocycles. The fraction of sp³-hybridized carbons (Fsp3) is 0.250. The molecule has 0 aliphatic carbocycles. The molecule has 1 rings (SSSR count). The molecule has 0 aromatic carbocycles. The van der Waals surface area contributed by atoms with Crippen molar-refractivity contribution in [3.8, 4) is 0 Å². The number of nitrogens with zero attached hydrogens (tertiary/aromatic N) is 1. The van der Waals surface area contributed by atoms with Crippen LogP contribution >= 0.6 is 0 Å². The lowest BCUT2D eigenvalue weighted by Crippen LogP contribution is -2.11. The van der Waals surface area contributed by atoms with Gasteiger partial charge in [0, 0.05) is 11.6 Å². The second-order valence-electron chi connectivity index (χ2n) is 1.28. The van der Waals surface area contributed by atoms with Gasteiger partial charge in [0.05, 0.1) is 10.8 Å². The lowest BCUT2D eigenvalue weighted by molar-refractivity contribution is 0.269. The number of aliphatic hydroxyl groups is 1. The van der Waals surface area contributed by atoms with E-state index in [1.54, 1.807) is 6.08 Å². The van der Waals surface area contributed by atoms with Gasteiger partial charge >= 0.3 is 0 Å². The summed E-state index contributed by atoms with van der Waals surface area (Å²) < 4.78 is 10.5. The summed E-state index contributed by atoms with van der Waals surface area (Å²) in [6.45, 7) is 0. The topological polar surface area (TPSA) is 49.7 Å². The summed E-state index contributed by atoms with van der Waals surface area (Å²) in [5, 5.41) is 10.0. The maximum absolute atomic E-state index is 10.5. The van der Waals surface area contributed by atoms with Crippen LogP contribution in [-0.4, -0.2) is 21.1 Å². The summed E-state index contributed by atoms with van der Waals surface area (Å²) >= 11 is 0. The highest BCUT2D eigenvalue weighted by Gasteiger charge is 2.07. The van der Waals surface area contributed by atoms with Gasteiger partial charge in [0.25, 0.3) is 0 Å². The largest absolute Gasteiger partial charge is 0.361 e. The van der Waals surface area contributed by atoms with Gasteiger partial charge in [0.15, 0.2) is 0 Å². The molecule has 1 N–H and O–H groups in total. The molecular formula is C4H5NO2S. The van der Waals surface area contributed by atoms with Gasteiger partial charge in [-0.05, 0) is 6.08 Å². The van der Waals surface area contributed by atoms with E-state index in [1.807, 2.05) is 0 Å². The van der Waals surface area contributed by atoms with E-state index in [0.717, 1.165) is 0 Å². The summed E-state index contributed by atoms with van der Waals surface area (Å²) in [4.78, 5) is 3.45. The first-order valence-corrected chi connectivity index (χ1v) is 3.36. The number of hydrogen-bond donors (Lipinski definition) is 1. The molecule has 4 heteroatoms. The molecular weight excluding hydrogens is 126 g/mol. The minimum atomic E-state index is -1.31. The number of aliphatic imine (C=N–C) groups is 1. The van der Waals surface area contributed by atoms with Crippen LogP contribution in [0.15, 0.2) is 16.5 Å². The average molecular weight is 131 g/mol. The highest BCUT2D eigenvalue weighted by molar-refractivity contribution is 7.88. The molecule has 1 aliphatic rings. The van der Waals surface area contributed by atoms with Crippen LogP contribution in [-0.2, 0) is 10.8 Å². The van der Waals surface area contributed by atoms with Crippen molar-refractivity contribution >= 4 is 17.0 Å². The molecule has 2 atom stereocenters. The van der Waals surface area contributed by atoms with Gasteiger partial charge in [-0.15, -0.1) is 0 Å². The molecule has 0 spiro atoms. The van der Waals surface area contributed by atoms with E-state index in [4.69, 9.17) is 5.11 Å². The van der Waals surface area contributed by atoms with E-state index < -0.39 is 16.4 Å². The summed E-state index contributed by atoms with van der Waals surface area (Å²) in [6, 6.07) is 0. The SMILES string of the molecule is O=S1C=CC=NC1O. The summed E-state index contributed by atoms with van der Waals surface area (Å²) in [5.74, 6) is 0. The summed E-state index contributed by atoms with van der Waals surface area (Å²) in [6.07, 6.45) is 2.97. The van der Waals surface area contributed by atoms with Gasteiger partial charge in [0.2, 0.25) is 5.56 Å². The van der Waals surface area contributed by atoms with E-state index >= 15 is 0 Å². The fourth-order valence-corrected chi connectivity index (χ4v) is 0.922. The van der Waals surface area contributed by atoms with E-state index in [-0.39, 0.29) is 0 Å². The molecule has 0 radical (unpaired) electrons. The second kappa shape index (κ2) is 2.19. The van der Waals surface area contributed by atoms with Crippen molar-refractivity contribution < 1.29 is 9.32 Å². The summed E-state index contributed by atoms with van der Waals surface area (Å²) in [7, 11) is -1.31. The average Bonchev–Trinajstić information content (AvgIpc) is 1.77. The zero-order valence-corrected chi connectivity index (χ0v) is 4.84. The van der Waals surface area contributed by atoms with Gasteiger partial charge in [-0.3, -0.25) is 4.21 Å². The Morgan fingerprint density at radius 3 is 2.88 bits per heavy atom. The summed E-state index contributed by atoms with van der Waals surface area (Å²) in [5.41, 5.74) is -1.04. The van der Waals surface area contributed by atoms with E-state index in [2.05, 4.69) is 4.99 Å². The quantitative estimate of drug-likeness (QED) is 0.486. The van der Waals surface area contributed by atoms with E-state index in [0.29, 0.717) is 0 Å². The predicted octanol–water partition coefficient (Wildman–Crippen LogP) is -0.391. The molecule has 0 aromatic rings. The molecule has 0 amide bonds. The molecule has 2 unspecified atom stereocenters. The maximum atomic E-state index is 10.5.